The molecule has 4 rings (SSSR count). The van der Waals surface area contributed by atoms with Gasteiger partial charge in [-0.15, -0.1) is 0 Å². The molecule has 1 N–H and O–H groups in total. The zero-order chi connectivity index (χ0) is 22.2. The van der Waals surface area contributed by atoms with Crippen molar-refractivity contribution in [2.24, 2.45) is 0 Å². The minimum absolute atomic E-state index is 0.0837. The van der Waals surface area contributed by atoms with E-state index in [0.29, 0.717) is 42.8 Å². The van der Waals surface area contributed by atoms with E-state index < -0.39 is 11.6 Å². The van der Waals surface area contributed by atoms with Crippen molar-refractivity contribution in [2.75, 3.05) is 20.2 Å². The lowest BCUT2D eigenvalue weighted by atomic mass is 9.87. The van der Waals surface area contributed by atoms with Crippen LogP contribution in [0.25, 0.3) is 0 Å². The van der Waals surface area contributed by atoms with Gasteiger partial charge in [0.1, 0.15) is 17.1 Å². The van der Waals surface area contributed by atoms with Crippen molar-refractivity contribution < 1.29 is 23.5 Å². The number of carbonyl (C=O) groups excluding carboxylic acids is 3. The van der Waals surface area contributed by atoms with E-state index >= 15 is 0 Å². The second-order valence-corrected chi connectivity index (χ2v) is 8.00. The van der Waals surface area contributed by atoms with E-state index in [1.807, 2.05) is 13.0 Å². The van der Waals surface area contributed by atoms with Gasteiger partial charge in [-0.05, 0) is 61.2 Å². The number of nitrogens with one attached hydrogen (secondary N) is 1. The highest BCUT2D eigenvalue weighted by Crippen LogP contribution is 2.31. The predicted octanol–water partition coefficient (Wildman–Crippen LogP) is 2.87. The fourth-order valence-corrected chi connectivity index (χ4v) is 4.20. The van der Waals surface area contributed by atoms with Crippen molar-refractivity contribution in [3.8, 4) is 5.75 Å². The first-order valence-electron chi connectivity index (χ1n) is 10.2. The van der Waals surface area contributed by atoms with Gasteiger partial charge in [-0.1, -0.05) is 12.1 Å². The summed E-state index contributed by atoms with van der Waals surface area (Å²) < 4.78 is 18.3. The van der Waals surface area contributed by atoms with Crippen molar-refractivity contribution in [3.63, 3.8) is 0 Å². The number of benzene rings is 2. The molecule has 2 aliphatic rings. The number of urea groups is 1. The van der Waals surface area contributed by atoms with Gasteiger partial charge < -0.3 is 15.0 Å². The van der Waals surface area contributed by atoms with Crippen LogP contribution in [0.1, 0.15) is 34.3 Å². The number of aryl methyl sites for hydroxylation is 1. The number of carbonyl (C=O) groups is 3. The topological polar surface area (TPSA) is 79.0 Å². The number of imide groups is 1. The Morgan fingerprint density at radius 2 is 1.81 bits per heavy atom. The molecular weight excluding hydrogens is 401 g/mol. The third kappa shape index (κ3) is 3.85. The number of nitrogens with zero attached hydrogens (tertiary/aromatic N) is 2. The number of piperidine rings is 1. The van der Waals surface area contributed by atoms with Gasteiger partial charge in [-0.25, -0.2) is 9.18 Å². The molecule has 4 amide bonds. The van der Waals surface area contributed by atoms with Gasteiger partial charge in [0.15, 0.2) is 0 Å². The highest BCUT2D eigenvalue weighted by atomic mass is 19.1. The first-order valence-corrected chi connectivity index (χ1v) is 10.2. The minimum atomic E-state index is -0.997. The van der Waals surface area contributed by atoms with Gasteiger partial charge in [-0.2, -0.15) is 0 Å². The maximum absolute atomic E-state index is 13.1. The van der Waals surface area contributed by atoms with Gasteiger partial charge in [0.2, 0.25) is 0 Å². The smallest absolute Gasteiger partial charge is 0.325 e. The second kappa shape index (κ2) is 8.02. The van der Waals surface area contributed by atoms with Crippen molar-refractivity contribution in [1.82, 2.24) is 15.1 Å². The highest BCUT2D eigenvalue weighted by Gasteiger charge is 2.52. The van der Waals surface area contributed by atoms with Crippen LogP contribution >= 0.6 is 0 Å². The summed E-state index contributed by atoms with van der Waals surface area (Å²) >= 11 is 0. The molecule has 31 heavy (non-hydrogen) atoms. The van der Waals surface area contributed by atoms with Gasteiger partial charge in [0.05, 0.1) is 13.7 Å². The lowest BCUT2D eigenvalue weighted by Crippen LogP contribution is -2.55. The van der Waals surface area contributed by atoms with Crippen LogP contribution in [0.4, 0.5) is 9.18 Å². The molecule has 162 valence electrons. The summed E-state index contributed by atoms with van der Waals surface area (Å²) in [6.45, 7) is 2.66. The number of methoxy groups -OCH3 is 1. The van der Waals surface area contributed by atoms with Crippen LogP contribution in [-0.4, -0.2) is 53.4 Å². The molecule has 2 aliphatic heterocycles. The van der Waals surface area contributed by atoms with E-state index in [0.717, 1.165) is 5.56 Å². The zero-order valence-electron chi connectivity index (χ0n) is 17.5. The van der Waals surface area contributed by atoms with E-state index in [-0.39, 0.29) is 24.2 Å². The largest absolute Gasteiger partial charge is 0.497 e. The van der Waals surface area contributed by atoms with Gasteiger partial charge in [-0.3, -0.25) is 14.5 Å². The molecule has 8 heteroatoms. The molecule has 0 aromatic heterocycles. The average Bonchev–Trinajstić information content (AvgIpc) is 2.99. The Bertz CT molecular complexity index is 1030. The summed E-state index contributed by atoms with van der Waals surface area (Å²) in [6, 6.07) is 10.6. The lowest BCUT2D eigenvalue weighted by molar-refractivity contribution is -0.133. The van der Waals surface area contributed by atoms with Crippen LogP contribution in [0.5, 0.6) is 5.75 Å². The summed E-state index contributed by atoms with van der Waals surface area (Å²) in [7, 11) is 1.58. The number of hydrogen-bond acceptors (Lipinski definition) is 4. The Morgan fingerprint density at radius 3 is 2.42 bits per heavy atom. The van der Waals surface area contributed by atoms with Crippen molar-refractivity contribution >= 4 is 17.8 Å². The number of hydrogen-bond donors (Lipinski definition) is 1. The van der Waals surface area contributed by atoms with Crippen LogP contribution in [0.15, 0.2) is 42.5 Å². The predicted molar refractivity (Wildman–Crippen MR) is 111 cm³/mol. The third-order valence-corrected chi connectivity index (χ3v) is 6.07. The van der Waals surface area contributed by atoms with Crippen LogP contribution in [0.3, 0.4) is 0 Å². The second-order valence-electron chi connectivity index (χ2n) is 8.00. The number of rotatable bonds is 4. The lowest BCUT2D eigenvalue weighted by Gasteiger charge is -2.37. The fraction of sp³-hybridized carbons (Fsp3) is 0.348. The Hall–Kier alpha value is -3.42. The van der Waals surface area contributed by atoms with E-state index in [1.54, 1.807) is 36.3 Å². The molecule has 1 spiro atoms. The molecule has 7 nitrogen and oxygen atoms in total. The molecule has 0 atom stereocenters. The molecule has 2 fully saturated rings. The monoisotopic (exact) mass is 425 g/mol. The third-order valence-electron chi connectivity index (χ3n) is 6.07. The molecular formula is C23H24FN3O4. The quantitative estimate of drug-likeness (QED) is 0.764. The van der Waals surface area contributed by atoms with E-state index in [4.69, 9.17) is 4.74 Å². The van der Waals surface area contributed by atoms with Crippen LogP contribution in [-0.2, 0) is 11.3 Å². The number of halogens is 1. The summed E-state index contributed by atoms with van der Waals surface area (Å²) in [5.74, 6) is -0.0850. The Labute approximate surface area is 179 Å². The van der Waals surface area contributed by atoms with Crippen molar-refractivity contribution in [3.05, 3.63) is 65.0 Å². The van der Waals surface area contributed by atoms with Gasteiger partial charge in [0.25, 0.3) is 11.8 Å². The molecule has 2 saturated heterocycles. The van der Waals surface area contributed by atoms with E-state index in [1.165, 1.54) is 17.0 Å². The zero-order valence-corrected chi connectivity index (χ0v) is 17.5. The maximum Gasteiger partial charge on any atom is 0.325 e. The molecule has 0 aliphatic carbocycles. The maximum atomic E-state index is 13.1. The summed E-state index contributed by atoms with van der Waals surface area (Å²) in [5, 5.41) is 2.84. The summed E-state index contributed by atoms with van der Waals surface area (Å²) in [4.78, 5) is 41.4. The van der Waals surface area contributed by atoms with Gasteiger partial charge >= 0.3 is 6.03 Å². The van der Waals surface area contributed by atoms with E-state index in [2.05, 4.69) is 5.32 Å². The standard InChI is InChI=1S/C23H24FN3O4/c1-15-13-18(31-2)7-8-19(15)20(28)26-11-9-23(10-12-26)21(29)27(22(30)25-23)14-16-3-5-17(24)6-4-16/h3-8,13H,9-12,14H2,1-2H3,(H,25,30). The fourth-order valence-electron chi connectivity index (χ4n) is 4.20. The molecule has 0 radical (unpaired) electrons. The number of likely N-dealkylation sites (tertiary alicyclic amines) is 1. The summed E-state index contributed by atoms with van der Waals surface area (Å²) in [5.41, 5.74) is 1.09. The molecule has 2 aromatic rings. The Kier molecular flexibility index (Phi) is 5.39. The molecule has 0 bridgehead atoms. The highest BCUT2D eigenvalue weighted by molar-refractivity contribution is 6.07. The first-order chi connectivity index (χ1) is 14.8. The number of ether oxygens (including phenoxy) is 1. The minimum Gasteiger partial charge on any atom is -0.497 e. The van der Waals surface area contributed by atoms with Crippen LogP contribution < -0.4 is 10.1 Å². The SMILES string of the molecule is COc1ccc(C(=O)N2CCC3(CC2)NC(=O)N(Cc2ccc(F)cc2)C3=O)c(C)c1. The Morgan fingerprint density at radius 1 is 1.13 bits per heavy atom. The Balaban J connectivity index is 1.43. The summed E-state index contributed by atoms with van der Waals surface area (Å²) in [6.07, 6.45) is 0.691. The van der Waals surface area contributed by atoms with E-state index in [9.17, 15) is 18.8 Å². The molecule has 0 unspecified atom stereocenters. The van der Waals surface area contributed by atoms with Crippen molar-refractivity contribution in [2.45, 2.75) is 31.8 Å². The molecule has 2 aromatic carbocycles. The van der Waals surface area contributed by atoms with Crippen LogP contribution in [0.2, 0.25) is 0 Å². The van der Waals surface area contributed by atoms with Gasteiger partial charge in [0, 0.05) is 18.7 Å². The average molecular weight is 425 g/mol. The number of amides is 4. The van der Waals surface area contributed by atoms with Crippen molar-refractivity contribution in [1.29, 1.82) is 0 Å². The molecule has 2 heterocycles. The molecule has 0 saturated carbocycles. The first kappa shape index (κ1) is 20.8. The normalized spacial score (nSPS) is 17.8. The van der Waals surface area contributed by atoms with Crippen LogP contribution in [0, 0.1) is 12.7 Å².